The Bertz CT molecular complexity index is 669. The van der Waals surface area contributed by atoms with Gasteiger partial charge in [-0.15, -0.1) is 0 Å². The van der Waals surface area contributed by atoms with Gasteiger partial charge in [-0.05, 0) is 55.9 Å². The summed E-state index contributed by atoms with van der Waals surface area (Å²) >= 11 is 5.95. The molecule has 0 radical (unpaired) electrons. The van der Waals surface area contributed by atoms with Crippen LogP contribution in [-0.4, -0.2) is 38.6 Å². The quantitative estimate of drug-likeness (QED) is 0.780. The Balaban J connectivity index is 1.85. The van der Waals surface area contributed by atoms with E-state index in [2.05, 4.69) is 10.2 Å². The van der Waals surface area contributed by atoms with Gasteiger partial charge >= 0.3 is 0 Å². The van der Waals surface area contributed by atoms with Crippen LogP contribution in [0.25, 0.3) is 0 Å². The number of methoxy groups -OCH3 is 1. The minimum atomic E-state index is 0.0524. The van der Waals surface area contributed by atoms with Crippen LogP contribution in [0.3, 0.4) is 0 Å². The number of carbonyl (C=O) groups excluding carboxylic acids is 1. The minimum Gasteiger partial charge on any atom is -0.497 e. The van der Waals surface area contributed by atoms with Crippen molar-refractivity contribution in [3.05, 3.63) is 64.7 Å². The number of benzene rings is 2. The molecule has 0 aliphatic rings. The Morgan fingerprint density at radius 1 is 1.12 bits per heavy atom. The second-order valence-corrected chi connectivity index (χ2v) is 6.62. The first-order valence-electron chi connectivity index (χ1n) is 8.31. The third-order valence-electron chi connectivity index (χ3n) is 4.17. The zero-order chi connectivity index (χ0) is 18.2. The van der Waals surface area contributed by atoms with Crippen LogP contribution in [-0.2, 0) is 11.2 Å². The second-order valence-electron chi connectivity index (χ2n) is 6.18. The van der Waals surface area contributed by atoms with Gasteiger partial charge < -0.3 is 15.0 Å². The smallest absolute Gasteiger partial charge is 0.220 e. The van der Waals surface area contributed by atoms with Crippen molar-refractivity contribution < 1.29 is 9.53 Å². The van der Waals surface area contributed by atoms with Crippen LogP contribution < -0.4 is 10.1 Å². The molecule has 0 aliphatic carbocycles. The van der Waals surface area contributed by atoms with Crippen LogP contribution >= 0.6 is 11.6 Å². The Labute approximate surface area is 154 Å². The molecule has 2 aromatic rings. The predicted molar refractivity (Wildman–Crippen MR) is 102 cm³/mol. The molecule has 0 fully saturated rings. The van der Waals surface area contributed by atoms with Gasteiger partial charge in [-0.1, -0.05) is 35.9 Å². The zero-order valence-corrected chi connectivity index (χ0v) is 15.7. The number of aryl methyl sites for hydroxylation is 1. The van der Waals surface area contributed by atoms with E-state index in [4.69, 9.17) is 16.3 Å². The monoisotopic (exact) mass is 360 g/mol. The van der Waals surface area contributed by atoms with Crippen LogP contribution in [0.2, 0.25) is 5.02 Å². The summed E-state index contributed by atoms with van der Waals surface area (Å²) in [7, 11) is 5.65. The molecule has 0 heterocycles. The van der Waals surface area contributed by atoms with Gasteiger partial charge in [0.2, 0.25) is 5.91 Å². The first-order chi connectivity index (χ1) is 12.0. The molecule has 0 saturated carbocycles. The van der Waals surface area contributed by atoms with Crippen molar-refractivity contribution in [3.8, 4) is 5.75 Å². The third-order valence-corrected chi connectivity index (χ3v) is 4.42. The Morgan fingerprint density at radius 3 is 2.32 bits per heavy atom. The summed E-state index contributed by atoms with van der Waals surface area (Å²) in [4.78, 5) is 14.3. The third kappa shape index (κ3) is 6.07. The molecular formula is C20H25ClN2O2. The fraction of sp³-hybridized carbons (Fsp3) is 0.350. The van der Waals surface area contributed by atoms with E-state index >= 15 is 0 Å². The molecule has 1 amide bonds. The summed E-state index contributed by atoms with van der Waals surface area (Å²) in [6.45, 7) is 0.566. The van der Waals surface area contributed by atoms with Crippen molar-refractivity contribution in [1.82, 2.24) is 10.2 Å². The van der Waals surface area contributed by atoms with E-state index in [-0.39, 0.29) is 11.9 Å². The predicted octanol–water partition coefficient (Wildman–Crippen LogP) is 3.70. The van der Waals surface area contributed by atoms with E-state index < -0.39 is 0 Å². The fourth-order valence-corrected chi connectivity index (χ4v) is 2.76. The maximum absolute atomic E-state index is 12.2. The van der Waals surface area contributed by atoms with E-state index in [9.17, 15) is 4.79 Å². The first-order valence-corrected chi connectivity index (χ1v) is 8.69. The molecule has 0 bridgehead atoms. The van der Waals surface area contributed by atoms with Gasteiger partial charge in [0.25, 0.3) is 0 Å². The highest BCUT2D eigenvalue weighted by atomic mass is 35.5. The van der Waals surface area contributed by atoms with Gasteiger partial charge in [0.1, 0.15) is 5.75 Å². The Kier molecular flexibility index (Phi) is 7.29. The minimum absolute atomic E-state index is 0.0524. The van der Waals surface area contributed by atoms with E-state index in [1.807, 2.05) is 62.6 Å². The number of likely N-dealkylation sites (N-methyl/N-ethyl adjacent to an activating group) is 1. The van der Waals surface area contributed by atoms with Gasteiger partial charge in [0.15, 0.2) is 0 Å². The van der Waals surface area contributed by atoms with Crippen molar-refractivity contribution in [2.45, 2.75) is 18.9 Å². The lowest BCUT2D eigenvalue weighted by molar-refractivity contribution is -0.121. The summed E-state index contributed by atoms with van der Waals surface area (Å²) in [5.74, 6) is 0.877. The van der Waals surface area contributed by atoms with Crippen molar-refractivity contribution >= 4 is 17.5 Å². The molecule has 2 aromatic carbocycles. The molecule has 0 saturated heterocycles. The Hall–Kier alpha value is -2.04. The van der Waals surface area contributed by atoms with Crippen molar-refractivity contribution in [1.29, 1.82) is 0 Å². The SMILES string of the molecule is COc1ccc(CCC(=O)NCC(c2ccc(Cl)cc2)N(C)C)cc1. The van der Waals surface area contributed by atoms with Crippen LogP contribution in [0.4, 0.5) is 0 Å². The highest BCUT2D eigenvalue weighted by molar-refractivity contribution is 6.30. The second kappa shape index (κ2) is 9.44. The summed E-state index contributed by atoms with van der Waals surface area (Å²) in [5.41, 5.74) is 2.25. The lowest BCUT2D eigenvalue weighted by Crippen LogP contribution is -2.34. The van der Waals surface area contributed by atoms with Gasteiger partial charge in [0, 0.05) is 18.0 Å². The van der Waals surface area contributed by atoms with E-state index in [0.717, 1.165) is 16.9 Å². The number of rotatable bonds is 8. The molecule has 1 atom stereocenters. The Morgan fingerprint density at radius 2 is 1.76 bits per heavy atom. The molecule has 1 unspecified atom stereocenters. The maximum Gasteiger partial charge on any atom is 0.220 e. The lowest BCUT2D eigenvalue weighted by Gasteiger charge is -2.25. The molecule has 5 heteroatoms. The molecule has 0 spiro atoms. The maximum atomic E-state index is 12.2. The normalized spacial score (nSPS) is 12.0. The summed E-state index contributed by atoms with van der Waals surface area (Å²) in [6, 6.07) is 15.7. The number of amides is 1. The summed E-state index contributed by atoms with van der Waals surface area (Å²) < 4.78 is 5.14. The molecule has 0 aliphatic heterocycles. The number of carbonyl (C=O) groups is 1. The van der Waals surface area contributed by atoms with Crippen molar-refractivity contribution in [2.24, 2.45) is 0 Å². The largest absolute Gasteiger partial charge is 0.497 e. The van der Waals surface area contributed by atoms with Crippen LogP contribution in [0.15, 0.2) is 48.5 Å². The average molecular weight is 361 g/mol. The molecule has 134 valence electrons. The molecule has 1 N–H and O–H groups in total. The number of hydrogen-bond donors (Lipinski definition) is 1. The number of ether oxygens (including phenoxy) is 1. The van der Waals surface area contributed by atoms with Gasteiger partial charge in [-0.3, -0.25) is 4.79 Å². The molecular weight excluding hydrogens is 336 g/mol. The average Bonchev–Trinajstić information content (AvgIpc) is 2.61. The standard InChI is InChI=1S/C20H25ClN2O2/c1-23(2)19(16-7-9-17(21)10-8-16)14-22-20(24)13-6-15-4-11-18(25-3)12-5-15/h4-5,7-12,19H,6,13-14H2,1-3H3,(H,22,24). The highest BCUT2D eigenvalue weighted by Gasteiger charge is 2.15. The van der Waals surface area contributed by atoms with Crippen LogP contribution in [0.1, 0.15) is 23.6 Å². The van der Waals surface area contributed by atoms with Crippen LogP contribution in [0.5, 0.6) is 5.75 Å². The topological polar surface area (TPSA) is 41.6 Å². The van der Waals surface area contributed by atoms with Gasteiger partial charge in [-0.2, -0.15) is 0 Å². The zero-order valence-electron chi connectivity index (χ0n) is 15.0. The van der Waals surface area contributed by atoms with E-state index in [1.165, 1.54) is 0 Å². The summed E-state index contributed by atoms with van der Waals surface area (Å²) in [5, 5.41) is 3.74. The summed E-state index contributed by atoms with van der Waals surface area (Å²) in [6.07, 6.45) is 1.18. The number of nitrogens with zero attached hydrogens (tertiary/aromatic N) is 1. The molecule has 0 aromatic heterocycles. The molecule has 4 nitrogen and oxygen atoms in total. The number of hydrogen-bond acceptors (Lipinski definition) is 3. The van der Waals surface area contributed by atoms with Crippen molar-refractivity contribution in [3.63, 3.8) is 0 Å². The number of halogens is 1. The molecule has 25 heavy (non-hydrogen) atoms. The first kappa shape index (κ1) is 19.3. The van der Waals surface area contributed by atoms with Gasteiger partial charge in [0.05, 0.1) is 13.2 Å². The highest BCUT2D eigenvalue weighted by Crippen LogP contribution is 2.20. The number of nitrogens with one attached hydrogen (secondary N) is 1. The van der Waals surface area contributed by atoms with E-state index in [1.54, 1.807) is 7.11 Å². The van der Waals surface area contributed by atoms with Crippen LogP contribution in [0, 0.1) is 0 Å². The van der Waals surface area contributed by atoms with Crippen molar-refractivity contribution in [2.75, 3.05) is 27.7 Å². The molecule has 2 rings (SSSR count). The van der Waals surface area contributed by atoms with E-state index in [0.29, 0.717) is 24.4 Å². The lowest BCUT2D eigenvalue weighted by atomic mass is 10.1. The van der Waals surface area contributed by atoms with Gasteiger partial charge in [-0.25, -0.2) is 0 Å². The fourth-order valence-electron chi connectivity index (χ4n) is 2.63.